The first-order valence-electron chi connectivity index (χ1n) is 12.3. The maximum Gasteiger partial charge on any atom is 0.131 e. The van der Waals surface area contributed by atoms with Gasteiger partial charge in [-0.25, -0.2) is 0 Å². The van der Waals surface area contributed by atoms with Crippen LogP contribution in [0.1, 0.15) is 41.6 Å². The van der Waals surface area contributed by atoms with Crippen molar-refractivity contribution >= 4 is 5.57 Å². The van der Waals surface area contributed by atoms with Gasteiger partial charge in [0.2, 0.25) is 0 Å². The number of pyridine rings is 1. The summed E-state index contributed by atoms with van der Waals surface area (Å²) < 4.78 is 16.8. The predicted molar refractivity (Wildman–Crippen MR) is 139 cm³/mol. The molecule has 2 aliphatic heterocycles. The zero-order chi connectivity index (χ0) is 25.0. The van der Waals surface area contributed by atoms with Crippen LogP contribution in [-0.4, -0.2) is 43.7 Å². The maximum atomic E-state index is 11.9. The molecular formula is C29H31N3O4. The fourth-order valence-electron chi connectivity index (χ4n) is 5.15. The average Bonchev–Trinajstić information content (AvgIpc) is 3.10. The molecule has 5 rings (SSSR count). The van der Waals surface area contributed by atoms with E-state index in [1.165, 1.54) is 0 Å². The molecular weight excluding hydrogens is 454 g/mol. The summed E-state index contributed by atoms with van der Waals surface area (Å²) in [5, 5.41) is 3.61. The minimum absolute atomic E-state index is 0.436. The first kappa shape index (κ1) is 24.0. The van der Waals surface area contributed by atoms with Gasteiger partial charge in [0.25, 0.3) is 0 Å². The normalized spacial score (nSPS) is 17.9. The number of aromatic nitrogens is 1. The molecule has 0 amide bonds. The Labute approximate surface area is 211 Å². The Hall–Kier alpha value is -3.71. The molecule has 0 N–H and O–H groups in total. The molecule has 1 saturated heterocycles. The molecule has 0 radical (unpaired) electrons. The number of hydrogen-bond donors (Lipinski definition) is 0. The van der Waals surface area contributed by atoms with Gasteiger partial charge in [-0.1, -0.05) is 29.5 Å². The number of hydrogen-bond acceptors (Lipinski definition) is 7. The number of methoxy groups -OCH3 is 2. The number of fused-ring (bicyclic) bond motifs is 2. The van der Waals surface area contributed by atoms with Crippen LogP contribution in [0.15, 0.2) is 72.0 Å². The van der Waals surface area contributed by atoms with Crippen LogP contribution in [0.5, 0.6) is 17.2 Å². The molecule has 186 valence electrons. The summed E-state index contributed by atoms with van der Waals surface area (Å²) in [6, 6.07) is 17.7. The van der Waals surface area contributed by atoms with E-state index in [1.54, 1.807) is 20.4 Å². The van der Waals surface area contributed by atoms with Gasteiger partial charge in [-0.3, -0.25) is 4.98 Å². The fraction of sp³-hybridized carbons (Fsp3) is 0.345. The highest BCUT2D eigenvalue weighted by Crippen LogP contribution is 2.39. The van der Waals surface area contributed by atoms with Gasteiger partial charge in [-0.2, -0.15) is 0 Å². The summed E-state index contributed by atoms with van der Waals surface area (Å²) in [7, 11) is 3.32. The third-order valence-corrected chi connectivity index (χ3v) is 7.30. The molecule has 1 aromatic heterocycles. The predicted octanol–water partition coefficient (Wildman–Crippen LogP) is 5.57. The lowest BCUT2D eigenvalue weighted by Gasteiger charge is -2.37. The first-order valence-corrected chi connectivity index (χ1v) is 12.3. The van der Waals surface area contributed by atoms with Crippen molar-refractivity contribution in [3.8, 4) is 17.2 Å². The Morgan fingerprint density at radius 3 is 2.50 bits per heavy atom. The molecule has 2 aliphatic rings. The SMILES string of the molecule is COc1ccc(C2(N=O)CCN(CC/C=C3/c4cc(OC)ccc4OCc4ncccc43)CC2)cc1. The molecule has 7 heteroatoms. The van der Waals surface area contributed by atoms with Gasteiger partial charge in [0, 0.05) is 37.0 Å². The summed E-state index contributed by atoms with van der Waals surface area (Å²) in [6.07, 6.45) is 6.36. The Balaban J connectivity index is 1.31. The van der Waals surface area contributed by atoms with Crippen LogP contribution in [0.25, 0.3) is 5.57 Å². The van der Waals surface area contributed by atoms with Crippen molar-refractivity contribution in [1.82, 2.24) is 9.88 Å². The molecule has 7 nitrogen and oxygen atoms in total. The molecule has 0 unspecified atom stereocenters. The van der Waals surface area contributed by atoms with Crippen LogP contribution in [-0.2, 0) is 12.1 Å². The van der Waals surface area contributed by atoms with Gasteiger partial charge in [0.15, 0.2) is 0 Å². The Morgan fingerprint density at radius 2 is 1.78 bits per heavy atom. The standard InChI is InChI=1S/C29H31N3O4/c1-34-22-9-7-21(8-10-22)29(31-33)13-17-32(18-14-29)16-4-6-24-25-5-3-15-30-27(25)20-36-28-12-11-23(35-2)19-26(24)28/h3,5-12,15,19H,4,13-14,16-18,20H2,1-2H3/b24-6+. The van der Waals surface area contributed by atoms with Crippen LogP contribution in [0.2, 0.25) is 0 Å². The zero-order valence-electron chi connectivity index (χ0n) is 20.8. The van der Waals surface area contributed by atoms with E-state index in [0.29, 0.717) is 19.4 Å². The summed E-state index contributed by atoms with van der Waals surface area (Å²) in [5.74, 6) is 2.41. The van der Waals surface area contributed by atoms with E-state index in [9.17, 15) is 4.91 Å². The lowest BCUT2D eigenvalue weighted by atomic mass is 9.81. The number of likely N-dealkylation sites (tertiary alicyclic amines) is 1. The third kappa shape index (κ3) is 4.71. The summed E-state index contributed by atoms with van der Waals surface area (Å²) in [4.78, 5) is 18.9. The van der Waals surface area contributed by atoms with E-state index in [0.717, 1.165) is 71.3 Å². The van der Waals surface area contributed by atoms with E-state index in [2.05, 4.69) is 27.2 Å². The van der Waals surface area contributed by atoms with E-state index >= 15 is 0 Å². The van der Waals surface area contributed by atoms with Gasteiger partial charge in [0.05, 0.1) is 19.9 Å². The van der Waals surface area contributed by atoms with Crippen molar-refractivity contribution in [1.29, 1.82) is 0 Å². The van der Waals surface area contributed by atoms with Crippen LogP contribution >= 0.6 is 0 Å². The Kier molecular flexibility index (Phi) is 7.00. The fourth-order valence-corrected chi connectivity index (χ4v) is 5.15. The van der Waals surface area contributed by atoms with E-state index in [4.69, 9.17) is 14.2 Å². The highest BCUT2D eigenvalue weighted by Gasteiger charge is 2.37. The van der Waals surface area contributed by atoms with Crippen molar-refractivity contribution in [3.63, 3.8) is 0 Å². The van der Waals surface area contributed by atoms with Crippen LogP contribution < -0.4 is 14.2 Å². The molecule has 0 bridgehead atoms. The first-order chi connectivity index (χ1) is 17.7. The monoisotopic (exact) mass is 485 g/mol. The van der Waals surface area contributed by atoms with Gasteiger partial charge in [0.1, 0.15) is 29.4 Å². The minimum atomic E-state index is -0.667. The van der Waals surface area contributed by atoms with Gasteiger partial charge < -0.3 is 19.1 Å². The molecule has 1 fully saturated rings. The quantitative estimate of drug-likeness (QED) is 0.407. The van der Waals surface area contributed by atoms with Crippen LogP contribution in [0.4, 0.5) is 0 Å². The Morgan fingerprint density at radius 1 is 1.03 bits per heavy atom. The molecule has 2 aromatic carbocycles. The van der Waals surface area contributed by atoms with E-state index < -0.39 is 5.54 Å². The second-order valence-corrected chi connectivity index (χ2v) is 9.25. The second-order valence-electron chi connectivity index (χ2n) is 9.25. The topological polar surface area (TPSA) is 73.2 Å². The summed E-state index contributed by atoms with van der Waals surface area (Å²) >= 11 is 0. The van der Waals surface area contributed by atoms with E-state index in [-0.39, 0.29) is 0 Å². The molecule has 0 atom stereocenters. The van der Waals surface area contributed by atoms with Crippen molar-refractivity contribution in [2.24, 2.45) is 5.18 Å². The zero-order valence-corrected chi connectivity index (χ0v) is 20.8. The second kappa shape index (κ2) is 10.5. The van der Waals surface area contributed by atoms with Gasteiger partial charge in [-0.05, 0) is 66.8 Å². The highest BCUT2D eigenvalue weighted by atomic mass is 16.5. The minimum Gasteiger partial charge on any atom is -0.497 e. The molecule has 3 heterocycles. The van der Waals surface area contributed by atoms with Gasteiger partial charge in [-0.15, -0.1) is 4.91 Å². The third-order valence-electron chi connectivity index (χ3n) is 7.30. The number of nitroso groups, excluding NO2 is 1. The Bertz CT molecular complexity index is 1250. The highest BCUT2D eigenvalue weighted by molar-refractivity contribution is 5.85. The number of piperidine rings is 1. The van der Waals surface area contributed by atoms with Crippen molar-refractivity contribution in [3.05, 3.63) is 94.2 Å². The average molecular weight is 486 g/mol. The number of rotatable bonds is 7. The number of benzene rings is 2. The maximum absolute atomic E-state index is 11.9. The summed E-state index contributed by atoms with van der Waals surface area (Å²) in [6.45, 7) is 2.99. The number of nitrogens with zero attached hydrogens (tertiary/aromatic N) is 3. The molecule has 3 aromatic rings. The van der Waals surface area contributed by atoms with Crippen LogP contribution in [0, 0.1) is 4.91 Å². The van der Waals surface area contributed by atoms with Crippen molar-refractivity contribution in [2.45, 2.75) is 31.4 Å². The smallest absolute Gasteiger partial charge is 0.131 e. The van der Waals surface area contributed by atoms with Gasteiger partial charge >= 0.3 is 0 Å². The largest absolute Gasteiger partial charge is 0.497 e. The lowest BCUT2D eigenvalue weighted by molar-refractivity contribution is 0.164. The van der Waals surface area contributed by atoms with E-state index in [1.807, 2.05) is 48.5 Å². The van der Waals surface area contributed by atoms with Crippen molar-refractivity contribution < 1.29 is 14.2 Å². The van der Waals surface area contributed by atoms with Crippen molar-refractivity contribution in [2.75, 3.05) is 33.9 Å². The molecule has 0 spiro atoms. The molecule has 0 aliphatic carbocycles. The molecule has 0 saturated carbocycles. The van der Waals surface area contributed by atoms with Crippen LogP contribution in [0.3, 0.4) is 0 Å². The lowest BCUT2D eigenvalue weighted by Crippen LogP contribution is -2.41. The molecule has 36 heavy (non-hydrogen) atoms. The summed E-state index contributed by atoms with van der Waals surface area (Å²) in [5.41, 5.74) is 4.45. The number of ether oxygens (including phenoxy) is 3.